The number of ketones is 2. The zero-order valence-corrected chi connectivity index (χ0v) is 40.4. The zero-order chi connectivity index (χ0) is 47.1. The Morgan fingerprint density at radius 3 is 1.36 bits per heavy atom. The smallest absolute Gasteiger partial charge is 0.321 e. The fraction of sp³-hybridized carbons (Fsp3) is 0.698. The van der Waals surface area contributed by atoms with Crippen molar-refractivity contribution in [2.45, 2.75) is 136 Å². The van der Waals surface area contributed by atoms with E-state index >= 15 is 0 Å². The van der Waals surface area contributed by atoms with Crippen LogP contribution in [0.2, 0.25) is 0 Å². The first kappa shape index (κ1) is 48.1. The lowest BCUT2D eigenvalue weighted by molar-refractivity contribution is -0.125. The minimum absolute atomic E-state index is 0.0674. The summed E-state index contributed by atoms with van der Waals surface area (Å²) >= 11 is 0. The molecule has 4 saturated carbocycles. The molecule has 4 aliphatic carbocycles. The van der Waals surface area contributed by atoms with E-state index in [2.05, 4.69) is 78.9 Å². The summed E-state index contributed by atoms with van der Waals surface area (Å²) in [5.74, 6) is 0.824. The number of ether oxygens (including phenoxy) is 2. The number of amides is 4. The molecular weight excluding hydrogens is 849 g/mol. The van der Waals surface area contributed by atoms with Gasteiger partial charge in [0.25, 0.3) is 0 Å². The number of carbonyl (C=O) groups excluding carboxylic acids is 4. The molecule has 0 unspecified atom stereocenters. The number of carbonyl (C=O) groups is 4. The summed E-state index contributed by atoms with van der Waals surface area (Å²) in [5, 5.41) is 25.5. The van der Waals surface area contributed by atoms with E-state index in [0.29, 0.717) is 77.3 Å². The van der Waals surface area contributed by atoms with Crippen LogP contribution in [0.25, 0.3) is 0 Å². The second-order valence-electron chi connectivity index (χ2n) is 22.3. The molecule has 366 valence electrons. The van der Waals surface area contributed by atoms with Gasteiger partial charge in [-0.2, -0.15) is 0 Å². The molecular formula is C53H76N6O8. The Labute approximate surface area is 397 Å². The number of aliphatic hydroxyl groups is 2. The average Bonchev–Trinajstić information content (AvgIpc) is 3.67. The molecule has 0 radical (unpaired) electrons. The number of hydrogen-bond donors (Lipinski definition) is 3. The second-order valence-corrected chi connectivity index (χ2v) is 22.3. The number of urea groups is 2. The summed E-state index contributed by atoms with van der Waals surface area (Å²) in [6.45, 7) is 4.84. The predicted molar refractivity (Wildman–Crippen MR) is 254 cm³/mol. The highest BCUT2D eigenvalue weighted by atomic mass is 16.5. The van der Waals surface area contributed by atoms with E-state index in [0.717, 1.165) is 89.9 Å². The largest absolute Gasteiger partial charge is 0.388 e. The number of β-amino-alcohol motifs (C(OH)–C–C–N with tert-alkyl or cyclic N) is 2. The summed E-state index contributed by atoms with van der Waals surface area (Å²) in [7, 11) is 6.32. The maximum atomic E-state index is 13.6. The van der Waals surface area contributed by atoms with Crippen LogP contribution in [0.15, 0.2) is 60.7 Å². The van der Waals surface area contributed by atoms with Gasteiger partial charge in [-0.15, -0.1) is 0 Å². The molecule has 0 aromatic heterocycles. The third-order valence-corrected chi connectivity index (χ3v) is 17.8. The molecule has 3 N–H and O–H groups in total. The molecule has 8 fully saturated rings. The van der Waals surface area contributed by atoms with E-state index in [9.17, 15) is 29.4 Å². The van der Waals surface area contributed by atoms with Crippen LogP contribution in [0, 0.1) is 11.8 Å². The summed E-state index contributed by atoms with van der Waals surface area (Å²) in [5.41, 5.74) is 0.228. The van der Waals surface area contributed by atoms with E-state index in [1.807, 2.05) is 22.9 Å². The monoisotopic (exact) mass is 925 g/mol. The molecule has 2 aromatic rings. The highest BCUT2D eigenvalue weighted by Crippen LogP contribution is 2.51. The van der Waals surface area contributed by atoms with Crippen LogP contribution in [0.1, 0.15) is 114 Å². The van der Waals surface area contributed by atoms with Crippen LogP contribution in [-0.4, -0.2) is 167 Å². The van der Waals surface area contributed by atoms with Crippen molar-refractivity contribution in [1.29, 1.82) is 0 Å². The van der Waals surface area contributed by atoms with E-state index in [-0.39, 0.29) is 58.9 Å². The van der Waals surface area contributed by atoms with Gasteiger partial charge >= 0.3 is 12.1 Å². The standard InChI is InChI=1S/C27H39N3O4.C26H37N3O4/c1-28(2)27(22-7-4-3-5-8-22)13-11-25(12-14-27)19-29(16-23(31)15-21-17-34-18-21)24(32)30(25)20-26(33)9-6-10-26;1-27-26(21-6-3-2-4-7-21)12-10-24(11-13-26)18-28(15-22(30)14-20-16-33-17-20)23(31)29(24)19-25(32)8-5-9-25/h3-5,7-8,21,33H,6,9-20H2,1-2H3;2-4,6-7,20,27,32H,5,8-19H2,1H3. The molecule has 4 aliphatic heterocycles. The Bertz CT molecular complexity index is 2070. The molecule has 14 heteroatoms. The van der Waals surface area contributed by atoms with Gasteiger partial charge in [-0.1, -0.05) is 60.7 Å². The molecule has 4 saturated heterocycles. The highest BCUT2D eigenvalue weighted by molar-refractivity contribution is 5.88. The van der Waals surface area contributed by atoms with Crippen molar-refractivity contribution in [3.8, 4) is 0 Å². The molecule has 67 heavy (non-hydrogen) atoms. The third-order valence-electron chi connectivity index (χ3n) is 17.8. The van der Waals surface area contributed by atoms with Gasteiger partial charge in [-0.05, 0) is 122 Å². The number of rotatable bonds is 16. The fourth-order valence-electron chi connectivity index (χ4n) is 12.9. The van der Waals surface area contributed by atoms with Crippen molar-refractivity contribution in [1.82, 2.24) is 29.8 Å². The third kappa shape index (κ3) is 9.56. The molecule has 4 amide bonds. The first-order chi connectivity index (χ1) is 32.1. The summed E-state index contributed by atoms with van der Waals surface area (Å²) in [6.07, 6.45) is 13.1. The fourth-order valence-corrected chi connectivity index (χ4v) is 12.9. The van der Waals surface area contributed by atoms with Crippen LogP contribution in [0.4, 0.5) is 9.59 Å². The van der Waals surface area contributed by atoms with Crippen molar-refractivity contribution in [3.05, 3.63) is 71.8 Å². The van der Waals surface area contributed by atoms with Crippen LogP contribution in [0.5, 0.6) is 0 Å². The number of nitrogens with one attached hydrogen (secondary N) is 1. The predicted octanol–water partition coefficient (Wildman–Crippen LogP) is 5.69. The maximum Gasteiger partial charge on any atom is 0.321 e. The average molecular weight is 925 g/mol. The van der Waals surface area contributed by atoms with Gasteiger partial charge in [0.05, 0.1) is 74.9 Å². The summed E-state index contributed by atoms with van der Waals surface area (Å²) < 4.78 is 10.4. The van der Waals surface area contributed by atoms with Gasteiger partial charge in [0.15, 0.2) is 11.6 Å². The van der Waals surface area contributed by atoms with Gasteiger partial charge in [0.2, 0.25) is 0 Å². The quantitative estimate of drug-likeness (QED) is 0.192. The molecule has 10 rings (SSSR count). The minimum Gasteiger partial charge on any atom is -0.388 e. The van der Waals surface area contributed by atoms with E-state index in [1.54, 1.807) is 9.80 Å². The zero-order valence-electron chi connectivity index (χ0n) is 40.4. The number of benzene rings is 2. The highest BCUT2D eigenvalue weighted by Gasteiger charge is 2.58. The lowest BCUT2D eigenvalue weighted by Gasteiger charge is -2.52. The number of nitrogens with zero attached hydrogens (tertiary/aromatic N) is 5. The molecule has 4 heterocycles. The molecule has 2 aromatic carbocycles. The van der Waals surface area contributed by atoms with Crippen molar-refractivity contribution >= 4 is 23.6 Å². The molecule has 2 spiro atoms. The summed E-state index contributed by atoms with van der Waals surface area (Å²) in [6, 6.07) is 21.1. The number of hydrogen-bond acceptors (Lipinski definition) is 10. The molecule has 8 aliphatic rings. The molecule has 0 atom stereocenters. The van der Waals surface area contributed by atoms with Crippen LogP contribution >= 0.6 is 0 Å². The first-order valence-corrected chi connectivity index (χ1v) is 25.4. The Kier molecular flexibility index (Phi) is 13.7. The van der Waals surface area contributed by atoms with Crippen molar-refractivity contribution in [3.63, 3.8) is 0 Å². The van der Waals surface area contributed by atoms with E-state index in [4.69, 9.17) is 9.47 Å². The second kappa shape index (κ2) is 19.1. The number of Topliss-reactive ketones (excluding diaryl/α,β-unsaturated/α-hetero) is 2. The van der Waals surface area contributed by atoms with Crippen molar-refractivity contribution in [2.75, 3.05) is 86.8 Å². The van der Waals surface area contributed by atoms with Crippen molar-refractivity contribution in [2.24, 2.45) is 11.8 Å². The van der Waals surface area contributed by atoms with Gasteiger partial charge in [-0.3, -0.25) is 14.5 Å². The molecule has 0 bridgehead atoms. The lowest BCUT2D eigenvalue weighted by Crippen LogP contribution is -2.59. The SMILES string of the molecule is CN(C)C1(c2ccccc2)CCC2(CC1)CN(CC(=O)CC1COC1)C(=O)N2CC1(O)CCC1.CNC1(c2ccccc2)CCC2(CC1)CN(CC(=O)CC1COC1)C(=O)N2CC1(O)CCC1. The summed E-state index contributed by atoms with van der Waals surface area (Å²) in [4.78, 5) is 62.3. The van der Waals surface area contributed by atoms with Crippen LogP contribution in [-0.2, 0) is 30.1 Å². The topological polar surface area (TPSA) is 155 Å². The van der Waals surface area contributed by atoms with Gasteiger partial charge in [0, 0.05) is 48.8 Å². The minimum atomic E-state index is -0.776. The Hall–Kier alpha value is -3.92. The van der Waals surface area contributed by atoms with Crippen molar-refractivity contribution < 1.29 is 38.9 Å². The van der Waals surface area contributed by atoms with Gasteiger partial charge < -0.3 is 44.6 Å². The Morgan fingerprint density at radius 2 is 1.01 bits per heavy atom. The van der Waals surface area contributed by atoms with Crippen LogP contribution < -0.4 is 5.32 Å². The van der Waals surface area contributed by atoms with Crippen LogP contribution in [0.3, 0.4) is 0 Å². The maximum absolute atomic E-state index is 13.6. The Balaban J connectivity index is 0.000000168. The lowest BCUT2D eigenvalue weighted by atomic mass is 9.67. The Morgan fingerprint density at radius 1 is 0.612 bits per heavy atom. The van der Waals surface area contributed by atoms with Gasteiger partial charge in [0.1, 0.15) is 0 Å². The van der Waals surface area contributed by atoms with Gasteiger partial charge in [-0.25, -0.2) is 9.59 Å². The van der Waals surface area contributed by atoms with E-state index < -0.39 is 11.2 Å². The first-order valence-electron chi connectivity index (χ1n) is 25.4. The molecule has 14 nitrogen and oxygen atoms in total. The normalized spacial score (nSPS) is 31.3. The van der Waals surface area contributed by atoms with E-state index in [1.165, 1.54) is 11.1 Å².